The second-order valence-electron chi connectivity index (χ2n) is 3.30. The number of hydrogen-bond donors (Lipinski definition) is 1. The van der Waals surface area contributed by atoms with E-state index >= 15 is 0 Å². The Bertz CT molecular complexity index is 377. The normalized spacial score (nSPS) is 11.6. The smallest absolute Gasteiger partial charge is 0.191 e. The molecule has 1 rings (SSSR count). The zero-order valence-electron chi connectivity index (χ0n) is 8.67. The van der Waals surface area contributed by atoms with Crippen molar-refractivity contribution in [3.05, 3.63) is 34.6 Å². The molecule has 0 spiro atoms. The van der Waals surface area contributed by atoms with Crippen LogP contribution < -0.4 is 5.73 Å². The number of rotatable bonds is 2. The summed E-state index contributed by atoms with van der Waals surface area (Å²) < 4.78 is 13.3. The van der Waals surface area contributed by atoms with Crippen LogP contribution in [0.25, 0.3) is 0 Å². The Hall–Kier alpha value is -1.29. The van der Waals surface area contributed by atoms with Crippen LogP contribution in [-0.2, 0) is 6.54 Å². The summed E-state index contributed by atoms with van der Waals surface area (Å²) in [6.45, 7) is 0.215. The molecule has 0 bridgehead atoms. The summed E-state index contributed by atoms with van der Waals surface area (Å²) in [6, 6.07) is 4.49. The van der Waals surface area contributed by atoms with Gasteiger partial charge in [0.05, 0.1) is 6.54 Å². The van der Waals surface area contributed by atoms with Crippen LogP contribution >= 0.6 is 11.6 Å². The van der Waals surface area contributed by atoms with Crippen molar-refractivity contribution in [3.63, 3.8) is 0 Å². The second-order valence-corrected chi connectivity index (χ2v) is 3.74. The number of hydrogen-bond acceptors (Lipinski definition) is 1. The molecule has 0 aromatic heterocycles. The van der Waals surface area contributed by atoms with Gasteiger partial charge in [-0.1, -0.05) is 17.7 Å². The molecule has 0 atom stereocenters. The molecule has 0 aliphatic carbocycles. The molecule has 0 amide bonds. The fraction of sp³-hybridized carbons (Fsp3) is 0.300. The Morgan fingerprint density at radius 2 is 2.20 bits per heavy atom. The molecule has 1 aromatic rings. The lowest BCUT2D eigenvalue weighted by molar-refractivity contribution is 0.598. The van der Waals surface area contributed by atoms with Gasteiger partial charge in [-0.3, -0.25) is 0 Å². The number of benzene rings is 1. The highest BCUT2D eigenvalue weighted by Gasteiger charge is 2.02. The van der Waals surface area contributed by atoms with E-state index in [9.17, 15) is 4.39 Å². The zero-order chi connectivity index (χ0) is 11.4. The van der Waals surface area contributed by atoms with E-state index in [1.54, 1.807) is 31.1 Å². The van der Waals surface area contributed by atoms with Crippen molar-refractivity contribution in [3.8, 4) is 0 Å². The first-order chi connectivity index (χ1) is 7.00. The van der Waals surface area contributed by atoms with Gasteiger partial charge >= 0.3 is 0 Å². The summed E-state index contributed by atoms with van der Waals surface area (Å²) in [5, 5.41) is 0.376. The van der Waals surface area contributed by atoms with Crippen LogP contribution in [0.4, 0.5) is 4.39 Å². The van der Waals surface area contributed by atoms with Gasteiger partial charge in [0, 0.05) is 24.7 Å². The molecule has 1 aromatic carbocycles. The van der Waals surface area contributed by atoms with Gasteiger partial charge in [0.2, 0.25) is 0 Å². The van der Waals surface area contributed by atoms with Crippen molar-refractivity contribution in [2.75, 3.05) is 14.1 Å². The summed E-state index contributed by atoms with van der Waals surface area (Å²) in [7, 11) is 3.55. The van der Waals surface area contributed by atoms with E-state index in [1.807, 2.05) is 0 Å². The van der Waals surface area contributed by atoms with Crippen molar-refractivity contribution in [1.82, 2.24) is 4.90 Å². The molecule has 15 heavy (non-hydrogen) atoms. The first-order valence-electron chi connectivity index (χ1n) is 4.42. The van der Waals surface area contributed by atoms with Gasteiger partial charge in [0.25, 0.3) is 0 Å². The lowest BCUT2D eigenvalue weighted by atomic mass is 10.2. The van der Waals surface area contributed by atoms with Crippen molar-refractivity contribution in [2.45, 2.75) is 6.54 Å². The highest BCUT2D eigenvalue weighted by molar-refractivity contribution is 6.30. The largest absolute Gasteiger partial charge is 0.370 e. The topological polar surface area (TPSA) is 41.6 Å². The highest BCUT2D eigenvalue weighted by Crippen LogP contribution is 2.15. The first kappa shape index (κ1) is 11.8. The molecule has 3 nitrogen and oxygen atoms in total. The van der Waals surface area contributed by atoms with Crippen molar-refractivity contribution in [2.24, 2.45) is 10.7 Å². The van der Waals surface area contributed by atoms with Crippen LogP contribution in [0.3, 0.4) is 0 Å². The molecule has 0 unspecified atom stereocenters. The number of nitrogens with zero attached hydrogens (tertiary/aromatic N) is 2. The molecule has 0 fully saturated rings. The van der Waals surface area contributed by atoms with E-state index in [4.69, 9.17) is 17.3 Å². The molecule has 0 aliphatic rings. The number of nitrogens with two attached hydrogens (primary N) is 1. The molecular formula is C10H13ClFN3. The maximum Gasteiger partial charge on any atom is 0.191 e. The van der Waals surface area contributed by atoms with Crippen LogP contribution in [0.2, 0.25) is 5.02 Å². The monoisotopic (exact) mass is 229 g/mol. The van der Waals surface area contributed by atoms with Crippen LogP contribution in [-0.4, -0.2) is 25.0 Å². The average molecular weight is 230 g/mol. The predicted molar refractivity (Wildman–Crippen MR) is 60.4 cm³/mol. The second kappa shape index (κ2) is 4.98. The molecule has 0 radical (unpaired) electrons. The van der Waals surface area contributed by atoms with Crippen LogP contribution in [0, 0.1) is 5.82 Å². The molecule has 5 heteroatoms. The van der Waals surface area contributed by atoms with Crippen LogP contribution in [0.15, 0.2) is 23.2 Å². The Morgan fingerprint density at radius 3 is 2.73 bits per heavy atom. The van der Waals surface area contributed by atoms with Crippen LogP contribution in [0.5, 0.6) is 0 Å². The van der Waals surface area contributed by atoms with Gasteiger partial charge < -0.3 is 10.6 Å². The quantitative estimate of drug-likeness (QED) is 0.621. The lowest BCUT2D eigenvalue weighted by Crippen LogP contribution is -2.30. The summed E-state index contributed by atoms with van der Waals surface area (Å²) in [4.78, 5) is 5.68. The fourth-order valence-corrected chi connectivity index (χ4v) is 1.12. The molecule has 82 valence electrons. The third kappa shape index (κ3) is 3.40. The molecule has 2 N–H and O–H groups in total. The van der Waals surface area contributed by atoms with Gasteiger partial charge in [-0.2, -0.15) is 0 Å². The van der Waals surface area contributed by atoms with E-state index < -0.39 is 0 Å². The first-order valence-corrected chi connectivity index (χ1v) is 4.79. The van der Waals surface area contributed by atoms with Gasteiger partial charge in [-0.25, -0.2) is 9.38 Å². The van der Waals surface area contributed by atoms with Gasteiger partial charge in [0.1, 0.15) is 5.82 Å². The summed E-state index contributed by atoms with van der Waals surface area (Å²) in [5.74, 6) is 0.00200. The maximum absolute atomic E-state index is 13.3. The summed E-state index contributed by atoms with van der Waals surface area (Å²) in [6.07, 6.45) is 0. The van der Waals surface area contributed by atoms with E-state index in [0.29, 0.717) is 16.5 Å². The van der Waals surface area contributed by atoms with Crippen molar-refractivity contribution < 1.29 is 4.39 Å². The third-order valence-electron chi connectivity index (χ3n) is 1.88. The Morgan fingerprint density at radius 1 is 1.53 bits per heavy atom. The van der Waals surface area contributed by atoms with Crippen molar-refractivity contribution >= 4 is 17.6 Å². The minimum Gasteiger partial charge on any atom is -0.370 e. The molecule has 0 heterocycles. The van der Waals surface area contributed by atoms with Crippen LogP contribution in [0.1, 0.15) is 5.56 Å². The number of guanidine groups is 1. The molecule has 0 saturated heterocycles. The zero-order valence-corrected chi connectivity index (χ0v) is 9.42. The van der Waals surface area contributed by atoms with E-state index in [1.165, 1.54) is 6.07 Å². The Labute approximate surface area is 93.4 Å². The fourth-order valence-electron chi connectivity index (χ4n) is 0.958. The Kier molecular flexibility index (Phi) is 3.91. The highest BCUT2D eigenvalue weighted by atomic mass is 35.5. The van der Waals surface area contributed by atoms with E-state index in [-0.39, 0.29) is 12.4 Å². The van der Waals surface area contributed by atoms with Gasteiger partial charge in [-0.15, -0.1) is 0 Å². The van der Waals surface area contributed by atoms with E-state index in [2.05, 4.69) is 4.99 Å². The summed E-state index contributed by atoms with van der Waals surface area (Å²) >= 11 is 5.62. The summed E-state index contributed by atoms with van der Waals surface area (Å²) in [5.41, 5.74) is 6.05. The predicted octanol–water partition coefficient (Wildman–Crippen LogP) is 1.86. The lowest BCUT2D eigenvalue weighted by Gasteiger charge is -2.10. The average Bonchev–Trinajstić information content (AvgIpc) is 2.15. The number of halogens is 2. The minimum atomic E-state index is -0.363. The van der Waals surface area contributed by atoms with Gasteiger partial charge in [0.15, 0.2) is 5.96 Å². The molecule has 0 aliphatic heterocycles. The molecular weight excluding hydrogens is 217 g/mol. The van der Waals surface area contributed by atoms with Gasteiger partial charge in [-0.05, 0) is 12.1 Å². The maximum atomic E-state index is 13.3. The van der Waals surface area contributed by atoms with E-state index in [0.717, 1.165) is 0 Å². The standard InChI is InChI=1S/C10H13ClFN3/c1-15(2)10(13)14-6-7-3-4-8(11)5-9(7)12/h3-5H,6H2,1-2H3,(H2,13,14). The van der Waals surface area contributed by atoms with Crippen molar-refractivity contribution in [1.29, 1.82) is 0 Å². The SMILES string of the molecule is CN(C)C(N)=NCc1ccc(Cl)cc1F. The third-order valence-corrected chi connectivity index (χ3v) is 2.12. The minimum absolute atomic E-state index is 0.215. The molecule has 0 saturated carbocycles. The number of aliphatic imine (C=N–C) groups is 1. The Balaban J connectivity index is 2.78.